The number of rotatable bonds is 5. The van der Waals surface area contributed by atoms with Gasteiger partial charge >= 0.3 is 5.69 Å². The molecule has 0 spiro atoms. The normalized spacial score (nSPS) is 11.9. The topological polar surface area (TPSA) is 121 Å². The lowest BCUT2D eigenvalue weighted by atomic mass is 10.2. The number of nitro benzene ring substituents is 1. The minimum atomic E-state index is -0.990. The van der Waals surface area contributed by atoms with Crippen LogP contribution in [0.3, 0.4) is 0 Å². The van der Waals surface area contributed by atoms with Crippen LogP contribution < -0.4 is 16.2 Å². The van der Waals surface area contributed by atoms with E-state index in [2.05, 4.69) is 0 Å². The number of primary amides is 1. The monoisotopic (exact) mass is 239 g/mol. The fraction of sp³-hybridized carbons (Fsp3) is 0.300. The van der Waals surface area contributed by atoms with Gasteiger partial charge in [-0.25, -0.2) is 0 Å². The lowest BCUT2D eigenvalue weighted by Crippen LogP contribution is -2.41. The maximum absolute atomic E-state index is 10.8. The molecule has 0 saturated heterocycles. The number of carbonyl (C=O) groups excluding carboxylic acids is 1. The first-order chi connectivity index (χ1) is 7.91. The van der Waals surface area contributed by atoms with Gasteiger partial charge in [0, 0.05) is 6.07 Å². The van der Waals surface area contributed by atoms with Gasteiger partial charge in [-0.2, -0.15) is 0 Å². The third kappa shape index (κ3) is 3.42. The van der Waals surface area contributed by atoms with Crippen molar-refractivity contribution in [1.82, 2.24) is 0 Å². The van der Waals surface area contributed by atoms with E-state index in [1.807, 2.05) is 0 Å². The molecule has 0 radical (unpaired) electrons. The van der Waals surface area contributed by atoms with Crippen LogP contribution in [0.25, 0.3) is 0 Å². The summed E-state index contributed by atoms with van der Waals surface area (Å²) in [6.45, 7) is 1.53. The van der Waals surface area contributed by atoms with Gasteiger partial charge in [0.05, 0.1) is 4.92 Å². The lowest BCUT2D eigenvalue weighted by molar-refractivity contribution is -0.385. The molecule has 1 rings (SSSR count). The molecular weight excluding hydrogens is 226 g/mol. The summed E-state index contributed by atoms with van der Waals surface area (Å²) in [5.74, 6) is -0.655. The minimum Gasteiger partial charge on any atom is -0.485 e. The summed E-state index contributed by atoms with van der Waals surface area (Å²) in [4.78, 5) is 20.9. The van der Waals surface area contributed by atoms with E-state index < -0.39 is 16.9 Å². The van der Waals surface area contributed by atoms with Crippen LogP contribution in [-0.4, -0.2) is 23.5 Å². The molecular formula is C10H13N3O4. The van der Waals surface area contributed by atoms with Crippen LogP contribution in [0, 0.1) is 17.0 Å². The Morgan fingerprint density at radius 3 is 2.76 bits per heavy atom. The average molecular weight is 239 g/mol. The Balaban J connectivity index is 2.84. The molecule has 1 aromatic rings. The molecule has 0 fully saturated rings. The fourth-order valence-corrected chi connectivity index (χ4v) is 1.15. The highest BCUT2D eigenvalue weighted by Crippen LogP contribution is 2.27. The highest BCUT2D eigenvalue weighted by Gasteiger charge is 2.17. The Morgan fingerprint density at radius 2 is 2.24 bits per heavy atom. The second-order valence-corrected chi connectivity index (χ2v) is 3.55. The van der Waals surface area contributed by atoms with Crippen molar-refractivity contribution >= 4 is 11.6 Å². The van der Waals surface area contributed by atoms with E-state index in [1.165, 1.54) is 12.1 Å². The predicted octanol–water partition coefficient (Wildman–Crippen LogP) is 0.0946. The zero-order valence-electron chi connectivity index (χ0n) is 9.25. The lowest BCUT2D eigenvalue weighted by Gasteiger charge is -2.10. The minimum absolute atomic E-state index is 0.0669. The molecule has 1 atom stereocenters. The third-order valence-electron chi connectivity index (χ3n) is 2.09. The number of aryl methyl sites for hydroxylation is 1. The van der Waals surface area contributed by atoms with E-state index in [1.54, 1.807) is 13.0 Å². The number of ether oxygens (including phenoxy) is 1. The smallest absolute Gasteiger partial charge is 0.311 e. The van der Waals surface area contributed by atoms with Gasteiger partial charge in [0.15, 0.2) is 5.75 Å². The van der Waals surface area contributed by atoms with Crippen molar-refractivity contribution in [3.05, 3.63) is 33.9 Å². The van der Waals surface area contributed by atoms with E-state index >= 15 is 0 Å². The Morgan fingerprint density at radius 1 is 1.59 bits per heavy atom. The fourth-order valence-electron chi connectivity index (χ4n) is 1.15. The Kier molecular flexibility index (Phi) is 4.00. The van der Waals surface area contributed by atoms with Gasteiger partial charge < -0.3 is 16.2 Å². The van der Waals surface area contributed by atoms with E-state index in [-0.39, 0.29) is 18.0 Å². The zero-order valence-corrected chi connectivity index (χ0v) is 9.25. The molecule has 1 amide bonds. The van der Waals surface area contributed by atoms with Crippen molar-refractivity contribution in [2.75, 3.05) is 6.61 Å². The van der Waals surface area contributed by atoms with E-state index in [9.17, 15) is 14.9 Å². The van der Waals surface area contributed by atoms with Crippen LogP contribution in [0.2, 0.25) is 0 Å². The summed E-state index contributed by atoms with van der Waals surface area (Å²) >= 11 is 0. The number of hydrogen-bond acceptors (Lipinski definition) is 5. The molecule has 0 aliphatic heterocycles. The quantitative estimate of drug-likeness (QED) is 0.557. The molecule has 0 aliphatic carbocycles. The predicted molar refractivity (Wildman–Crippen MR) is 60.5 cm³/mol. The van der Waals surface area contributed by atoms with Crippen molar-refractivity contribution < 1.29 is 14.5 Å². The van der Waals surface area contributed by atoms with Crippen LogP contribution in [0.15, 0.2) is 18.2 Å². The van der Waals surface area contributed by atoms with E-state index in [0.29, 0.717) is 0 Å². The molecule has 7 nitrogen and oxygen atoms in total. The summed E-state index contributed by atoms with van der Waals surface area (Å²) in [7, 11) is 0. The maximum Gasteiger partial charge on any atom is 0.311 e. The van der Waals surface area contributed by atoms with Gasteiger partial charge in [0.1, 0.15) is 12.6 Å². The number of nitrogens with zero attached hydrogens (tertiary/aromatic N) is 1. The molecule has 0 heterocycles. The van der Waals surface area contributed by atoms with E-state index in [4.69, 9.17) is 16.2 Å². The van der Waals surface area contributed by atoms with Gasteiger partial charge in [-0.05, 0) is 18.6 Å². The highest BCUT2D eigenvalue weighted by atomic mass is 16.6. The summed E-state index contributed by atoms with van der Waals surface area (Å²) in [5.41, 5.74) is 10.9. The molecule has 17 heavy (non-hydrogen) atoms. The summed E-state index contributed by atoms with van der Waals surface area (Å²) in [6, 6.07) is 3.51. The molecule has 0 bridgehead atoms. The first kappa shape index (κ1) is 12.9. The first-order valence-corrected chi connectivity index (χ1v) is 4.84. The SMILES string of the molecule is Cc1ccc(OCC(N)C(N)=O)c([N+](=O)[O-])c1. The largest absolute Gasteiger partial charge is 0.485 e. The Bertz CT molecular complexity index is 447. The molecule has 0 aromatic heterocycles. The maximum atomic E-state index is 10.8. The van der Waals surface area contributed by atoms with Crippen molar-refractivity contribution in [2.24, 2.45) is 11.5 Å². The molecule has 92 valence electrons. The third-order valence-corrected chi connectivity index (χ3v) is 2.09. The summed E-state index contributed by atoms with van der Waals surface area (Å²) in [6.07, 6.45) is 0. The number of carbonyl (C=O) groups is 1. The number of nitro groups is 1. The van der Waals surface area contributed by atoms with Crippen LogP contribution in [0.5, 0.6) is 5.75 Å². The van der Waals surface area contributed by atoms with Crippen molar-refractivity contribution in [3.8, 4) is 5.75 Å². The molecule has 7 heteroatoms. The van der Waals surface area contributed by atoms with Crippen LogP contribution in [-0.2, 0) is 4.79 Å². The molecule has 0 aliphatic rings. The van der Waals surface area contributed by atoms with Crippen molar-refractivity contribution in [3.63, 3.8) is 0 Å². The van der Waals surface area contributed by atoms with Crippen molar-refractivity contribution in [2.45, 2.75) is 13.0 Å². The van der Waals surface area contributed by atoms with Gasteiger partial charge in [-0.15, -0.1) is 0 Å². The molecule has 1 unspecified atom stereocenters. The first-order valence-electron chi connectivity index (χ1n) is 4.84. The number of amides is 1. The Labute approximate surface area is 97.5 Å². The summed E-state index contributed by atoms with van der Waals surface area (Å²) < 4.78 is 5.11. The van der Waals surface area contributed by atoms with Gasteiger partial charge in [-0.1, -0.05) is 6.07 Å². The standard InChI is InChI=1S/C10H13N3O4/c1-6-2-3-9(8(4-6)13(15)16)17-5-7(11)10(12)14/h2-4,7H,5,11H2,1H3,(H2,12,14). The molecule has 1 aromatic carbocycles. The van der Waals surface area contributed by atoms with Gasteiger partial charge in [-0.3, -0.25) is 14.9 Å². The summed E-state index contributed by atoms with van der Waals surface area (Å²) in [5, 5.41) is 10.8. The number of hydrogen-bond donors (Lipinski definition) is 2. The number of nitrogens with two attached hydrogens (primary N) is 2. The van der Waals surface area contributed by atoms with E-state index in [0.717, 1.165) is 5.56 Å². The van der Waals surface area contributed by atoms with Crippen LogP contribution in [0.4, 0.5) is 5.69 Å². The van der Waals surface area contributed by atoms with Gasteiger partial charge in [0.2, 0.25) is 5.91 Å². The number of benzene rings is 1. The second-order valence-electron chi connectivity index (χ2n) is 3.55. The second kappa shape index (κ2) is 5.26. The van der Waals surface area contributed by atoms with Crippen molar-refractivity contribution in [1.29, 1.82) is 0 Å². The highest BCUT2D eigenvalue weighted by molar-refractivity contribution is 5.79. The molecule has 4 N–H and O–H groups in total. The van der Waals surface area contributed by atoms with Gasteiger partial charge in [0.25, 0.3) is 0 Å². The Hall–Kier alpha value is -2.15. The van der Waals surface area contributed by atoms with Crippen LogP contribution >= 0.6 is 0 Å². The average Bonchev–Trinajstić information content (AvgIpc) is 2.26. The van der Waals surface area contributed by atoms with Crippen LogP contribution in [0.1, 0.15) is 5.56 Å². The zero-order chi connectivity index (χ0) is 13.0. The molecule has 0 saturated carbocycles.